The summed E-state index contributed by atoms with van der Waals surface area (Å²) in [6.07, 6.45) is 1.74. The Labute approximate surface area is 117 Å². The molecule has 0 fully saturated rings. The molecular weight excluding hydrogens is 250 g/mol. The molecular formula is C16H15N3O. The number of rotatable bonds is 4. The summed E-state index contributed by atoms with van der Waals surface area (Å²) in [5, 5.41) is 4.45. The molecule has 0 bridgehead atoms. The Morgan fingerprint density at radius 1 is 1.10 bits per heavy atom. The summed E-state index contributed by atoms with van der Waals surface area (Å²) in [6.45, 7) is 0.685. The largest absolute Gasteiger partial charge is 0.481 e. The van der Waals surface area contributed by atoms with Gasteiger partial charge < -0.3 is 10.1 Å². The smallest absolute Gasteiger partial charge is 0.213 e. The lowest BCUT2D eigenvalue weighted by Gasteiger charge is -2.07. The summed E-state index contributed by atoms with van der Waals surface area (Å²) in [4.78, 5) is 8.66. The van der Waals surface area contributed by atoms with Crippen LogP contribution in [0.3, 0.4) is 0 Å². The van der Waals surface area contributed by atoms with E-state index in [2.05, 4.69) is 27.4 Å². The van der Waals surface area contributed by atoms with Crippen LogP contribution >= 0.6 is 0 Å². The van der Waals surface area contributed by atoms with Gasteiger partial charge in [0.25, 0.3) is 0 Å². The zero-order chi connectivity index (χ0) is 13.8. The summed E-state index contributed by atoms with van der Waals surface area (Å²) < 4.78 is 5.11. The van der Waals surface area contributed by atoms with Gasteiger partial charge >= 0.3 is 0 Å². The van der Waals surface area contributed by atoms with Gasteiger partial charge in [0.05, 0.1) is 12.6 Å². The van der Waals surface area contributed by atoms with E-state index in [-0.39, 0.29) is 0 Å². The quantitative estimate of drug-likeness (QED) is 0.786. The maximum Gasteiger partial charge on any atom is 0.213 e. The topological polar surface area (TPSA) is 47.0 Å². The van der Waals surface area contributed by atoms with Crippen molar-refractivity contribution in [1.29, 1.82) is 0 Å². The molecule has 3 rings (SSSR count). The highest BCUT2D eigenvalue weighted by Crippen LogP contribution is 2.16. The number of hydrogen-bond donors (Lipinski definition) is 1. The molecule has 3 aromatic rings. The highest BCUT2D eigenvalue weighted by Gasteiger charge is 2.00. The van der Waals surface area contributed by atoms with Crippen LogP contribution in [0, 0.1) is 0 Å². The minimum atomic E-state index is 0.621. The Morgan fingerprint density at radius 2 is 2.00 bits per heavy atom. The number of fused-ring (bicyclic) bond motifs is 1. The fourth-order valence-electron chi connectivity index (χ4n) is 2.03. The van der Waals surface area contributed by atoms with Gasteiger partial charge in [0.2, 0.25) is 5.88 Å². The third kappa shape index (κ3) is 2.69. The molecule has 0 radical (unpaired) electrons. The van der Waals surface area contributed by atoms with E-state index in [1.807, 2.05) is 36.4 Å². The molecule has 0 saturated carbocycles. The lowest BCUT2D eigenvalue weighted by atomic mass is 10.2. The monoisotopic (exact) mass is 265 g/mol. The summed E-state index contributed by atoms with van der Waals surface area (Å²) in [5.74, 6) is 1.48. The molecule has 0 unspecified atom stereocenters. The van der Waals surface area contributed by atoms with Crippen molar-refractivity contribution in [3.05, 3.63) is 60.3 Å². The Kier molecular flexibility index (Phi) is 3.46. The van der Waals surface area contributed by atoms with Crippen molar-refractivity contribution in [2.24, 2.45) is 0 Å². The molecule has 0 spiro atoms. The highest BCUT2D eigenvalue weighted by atomic mass is 16.5. The zero-order valence-electron chi connectivity index (χ0n) is 11.2. The van der Waals surface area contributed by atoms with Crippen molar-refractivity contribution in [3.63, 3.8) is 0 Å². The van der Waals surface area contributed by atoms with E-state index in [1.165, 1.54) is 0 Å². The van der Waals surface area contributed by atoms with E-state index in [0.29, 0.717) is 12.4 Å². The predicted octanol–water partition coefficient (Wildman–Crippen LogP) is 3.25. The first kappa shape index (κ1) is 12.4. The van der Waals surface area contributed by atoms with E-state index in [1.54, 1.807) is 13.3 Å². The summed E-state index contributed by atoms with van der Waals surface area (Å²) in [6, 6.07) is 16.0. The van der Waals surface area contributed by atoms with Gasteiger partial charge in [-0.3, -0.25) is 0 Å². The normalized spacial score (nSPS) is 10.4. The third-order valence-corrected chi connectivity index (χ3v) is 3.08. The van der Waals surface area contributed by atoms with Gasteiger partial charge in [-0.2, -0.15) is 0 Å². The summed E-state index contributed by atoms with van der Waals surface area (Å²) >= 11 is 0. The second-order valence-corrected chi connectivity index (χ2v) is 4.45. The fraction of sp³-hybridized carbons (Fsp3) is 0.125. The van der Waals surface area contributed by atoms with E-state index in [0.717, 1.165) is 22.3 Å². The molecule has 2 aromatic heterocycles. The van der Waals surface area contributed by atoms with Crippen molar-refractivity contribution >= 4 is 16.7 Å². The molecule has 0 atom stereocenters. The number of hydrogen-bond acceptors (Lipinski definition) is 4. The number of nitrogens with one attached hydrogen (secondary N) is 1. The van der Waals surface area contributed by atoms with E-state index < -0.39 is 0 Å². The second-order valence-electron chi connectivity index (χ2n) is 4.45. The van der Waals surface area contributed by atoms with Crippen LogP contribution in [0.15, 0.2) is 54.7 Å². The molecule has 20 heavy (non-hydrogen) atoms. The molecule has 4 nitrogen and oxygen atoms in total. The zero-order valence-corrected chi connectivity index (χ0v) is 11.2. The molecule has 0 aliphatic carbocycles. The number of nitrogens with zero attached hydrogens (tertiary/aromatic N) is 2. The van der Waals surface area contributed by atoms with Crippen molar-refractivity contribution in [3.8, 4) is 5.88 Å². The summed E-state index contributed by atoms with van der Waals surface area (Å²) in [7, 11) is 1.62. The lowest BCUT2D eigenvalue weighted by Crippen LogP contribution is -2.02. The minimum absolute atomic E-state index is 0.621. The van der Waals surface area contributed by atoms with Crippen LogP contribution in [-0.2, 0) is 6.54 Å². The van der Waals surface area contributed by atoms with Crippen molar-refractivity contribution in [1.82, 2.24) is 9.97 Å². The van der Waals surface area contributed by atoms with Crippen LogP contribution in [-0.4, -0.2) is 17.1 Å². The Bertz CT molecular complexity index is 727. The molecule has 0 aliphatic rings. The van der Waals surface area contributed by atoms with Crippen LogP contribution in [0.1, 0.15) is 5.56 Å². The molecule has 0 amide bonds. The average Bonchev–Trinajstić information content (AvgIpc) is 2.53. The van der Waals surface area contributed by atoms with Crippen molar-refractivity contribution in [2.45, 2.75) is 6.54 Å². The fourth-order valence-corrected chi connectivity index (χ4v) is 2.03. The standard InChI is InChI=1S/C16H15N3O/c1-20-16-10-12(8-9-17-16)11-18-15-7-6-13-4-2-3-5-14(13)19-15/h2-10H,11H2,1H3,(H,18,19). The molecule has 2 heterocycles. The lowest BCUT2D eigenvalue weighted by molar-refractivity contribution is 0.397. The number of anilines is 1. The summed E-state index contributed by atoms with van der Waals surface area (Å²) in [5.41, 5.74) is 2.09. The first-order valence-electron chi connectivity index (χ1n) is 6.44. The van der Waals surface area contributed by atoms with Crippen LogP contribution in [0.4, 0.5) is 5.82 Å². The molecule has 1 aromatic carbocycles. The number of aromatic nitrogens is 2. The number of pyridine rings is 2. The van der Waals surface area contributed by atoms with Gasteiger partial charge in [-0.1, -0.05) is 18.2 Å². The minimum Gasteiger partial charge on any atom is -0.481 e. The van der Waals surface area contributed by atoms with Crippen LogP contribution < -0.4 is 10.1 Å². The maximum absolute atomic E-state index is 5.11. The van der Waals surface area contributed by atoms with Crippen molar-refractivity contribution < 1.29 is 4.74 Å². The second kappa shape index (κ2) is 5.57. The third-order valence-electron chi connectivity index (χ3n) is 3.08. The van der Waals surface area contributed by atoms with Gasteiger partial charge in [0.1, 0.15) is 5.82 Å². The van der Waals surface area contributed by atoms with E-state index >= 15 is 0 Å². The molecule has 0 aliphatic heterocycles. The molecule has 1 N–H and O–H groups in total. The number of methoxy groups -OCH3 is 1. The SMILES string of the molecule is COc1cc(CNc2ccc3ccccc3n2)ccn1. The Balaban J connectivity index is 1.76. The first-order valence-corrected chi connectivity index (χ1v) is 6.44. The van der Waals surface area contributed by atoms with Gasteiger partial charge in [-0.05, 0) is 29.8 Å². The molecule has 100 valence electrons. The molecule has 0 saturated heterocycles. The predicted molar refractivity (Wildman–Crippen MR) is 79.9 cm³/mol. The average molecular weight is 265 g/mol. The van der Waals surface area contributed by atoms with E-state index in [9.17, 15) is 0 Å². The Morgan fingerprint density at radius 3 is 2.90 bits per heavy atom. The van der Waals surface area contributed by atoms with Gasteiger partial charge in [-0.25, -0.2) is 9.97 Å². The van der Waals surface area contributed by atoms with Crippen LogP contribution in [0.25, 0.3) is 10.9 Å². The molecule has 4 heteroatoms. The number of benzene rings is 1. The van der Waals surface area contributed by atoms with Gasteiger partial charge in [0.15, 0.2) is 0 Å². The van der Waals surface area contributed by atoms with Gasteiger partial charge in [-0.15, -0.1) is 0 Å². The van der Waals surface area contributed by atoms with Crippen molar-refractivity contribution in [2.75, 3.05) is 12.4 Å². The van der Waals surface area contributed by atoms with Crippen LogP contribution in [0.2, 0.25) is 0 Å². The van der Waals surface area contributed by atoms with E-state index in [4.69, 9.17) is 4.74 Å². The van der Waals surface area contributed by atoms with Gasteiger partial charge in [0, 0.05) is 24.2 Å². The Hall–Kier alpha value is -2.62. The maximum atomic E-state index is 5.11. The first-order chi connectivity index (χ1) is 9.85. The highest BCUT2D eigenvalue weighted by molar-refractivity contribution is 5.80. The number of para-hydroxylation sites is 1. The number of ether oxygens (including phenoxy) is 1. The van der Waals surface area contributed by atoms with Crippen LogP contribution in [0.5, 0.6) is 5.88 Å².